The summed E-state index contributed by atoms with van der Waals surface area (Å²) in [5.41, 5.74) is 2.99. The molecule has 2 N–H and O–H groups in total. The van der Waals surface area contributed by atoms with Crippen molar-refractivity contribution >= 4 is 0 Å². The van der Waals surface area contributed by atoms with E-state index >= 15 is 0 Å². The highest BCUT2D eigenvalue weighted by molar-refractivity contribution is 5.36. The molecular weight excluding hydrogens is 380 g/mol. The molecule has 2 aromatic rings. The molecule has 1 heterocycles. The summed E-state index contributed by atoms with van der Waals surface area (Å²) in [6.45, 7) is 6.00. The van der Waals surface area contributed by atoms with Crippen molar-refractivity contribution < 1.29 is 5.11 Å². The molecule has 0 amide bonds. The Morgan fingerprint density at radius 1 is 1.06 bits per heavy atom. The normalized spacial score (nSPS) is 30.9. The van der Waals surface area contributed by atoms with Gasteiger partial charge in [-0.05, 0) is 93.1 Å². The number of hydrogen-bond donors (Lipinski definition) is 2. The lowest BCUT2D eigenvalue weighted by molar-refractivity contribution is -0.00395. The summed E-state index contributed by atoms with van der Waals surface area (Å²) in [6, 6.07) is 20.3. The van der Waals surface area contributed by atoms with E-state index in [0.29, 0.717) is 23.8 Å². The summed E-state index contributed by atoms with van der Waals surface area (Å²) in [7, 11) is 0. The maximum atomic E-state index is 10.2. The van der Waals surface area contributed by atoms with Gasteiger partial charge in [0, 0.05) is 24.0 Å². The van der Waals surface area contributed by atoms with Crippen LogP contribution in [0.3, 0.4) is 0 Å². The van der Waals surface area contributed by atoms with Crippen molar-refractivity contribution in [3.63, 3.8) is 0 Å². The molecule has 0 aromatic heterocycles. The Hall–Kier alpha value is -1.84. The summed E-state index contributed by atoms with van der Waals surface area (Å²) in [5.74, 6) is 1.92. The molecular formula is C28H38N2O. The second-order valence-electron chi connectivity index (χ2n) is 10.5. The van der Waals surface area contributed by atoms with Gasteiger partial charge in [-0.15, -0.1) is 0 Å². The Morgan fingerprint density at radius 2 is 1.90 bits per heavy atom. The number of phenols is 1. The topological polar surface area (TPSA) is 35.5 Å². The average molecular weight is 419 g/mol. The minimum absolute atomic E-state index is 0.179. The van der Waals surface area contributed by atoms with Gasteiger partial charge in [-0.2, -0.15) is 0 Å². The van der Waals surface area contributed by atoms with Gasteiger partial charge in [-0.3, -0.25) is 4.90 Å². The maximum absolute atomic E-state index is 10.2. The number of likely N-dealkylation sites (tertiary alicyclic amines) is 1. The van der Waals surface area contributed by atoms with Crippen LogP contribution in [-0.4, -0.2) is 41.7 Å². The summed E-state index contributed by atoms with van der Waals surface area (Å²) in [6.07, 6.45) is 8.91. The molecule has 3 nitrogen and oxygen atoms in total. The number of nitrogens with zero attached hydrogens (tertiary/aromatic N) is 1. The first kappa shape index (κ1) is 21.0. The van der Waals surface area contributed by atoms with Crippen LogP contribution in [0.5, 0.6) is 5.75 Å². The standard InChI is InChI=1S/C28H38N2O/c1-21-20-30(14-6-9-22-7-3-2-4-8-22)26-16-25(29-19-23-12-13-23)17-28(21,18-26)24-10-5-11-27(31)15-24/h2-5,7-8,10-11,15,21,23,25-26,29,31H,6,9,12-14,16-20H2,1H3/t21?,25-,26?,28?/m0/s1. The lowest BCUT2D eigenvalue weighted by Crippen LogP contribution is -2.61. The van der Waals surface area contributed by atoms with Crippen molar-refractivity contribution in [2.75, 3.05) is 19.6 Å². The summed E-state index contributed by atoms with van der Waals surface area (Å²) in [5, 5.41) is 14.2. The molecule has 3 heteroatoms. The molecule has 5 rings (SSSR count). The zero-order valence-electron chi connectivity index (χ0n) is 19.0. The Morgan fingerprint density at radius 3 is 2.68 bits per heavy atom. The molecule has 4 atom stereocenters. The molecule has 3 aliphatic rings. The monoisotopic (exact) mass is 418 g/mol. The Balaban J connectivity index is 1.32. The Kier molecular flexibility index (Phi) is 6.08. The van der Waals surface area contributed by atoms with Crippen LogP contribution in [0.2, 0.25) is 0 Å². The molecule has 31 heavy (non-hydrogen) atoms. The lowest BCUT2D eigenvalue weighted by Gasteiger charge is -2.57. The van der Waals surface area contributed by atoms with E-state index in [1.54, 1.807) is 0 Å². The highest BCUT2D eigenvalue weighted by Gasteiger charge is 2.50. The van der Waals surface area contributed by atoms with Gasteiger partial charge in [0.1, 0.15) is 5.75 Å². The summed E-state index contributed by atoms with van der Waals surface area (Å²) >= 11 is 0. The van der Waals surface area contributed by atoms with Gasteiger partial charge in [-0.25, -0.2) is 0 Å². The Labute approximate surface area is 187 Å². The lowest BCUT2D eigenvalue weighted by atomic mass is 9.57. The van der Waals surface area contributed by atoms with E-state index in [0.717, 1.165) is 5.92 Å². The fourth-order valence-corrected chi connectivity index (χ4v) is 6.35. The minimum atomic E-state index is 0.179. The predicted octanol–water partition coefficient (Wildman–Crippen LogP) is 5.14. The molecule has 0 spiro atoms. The number of piperidine rings is 1. The third kappa shape index (κ3) is 4.68. The van der Waals surface area contributed by atoms with Crippen molar-refractivity contribution in [2.24, 2.45) is 11.8 Å². The van der Waals surface area contributed by atoms with Crippen LogP contribution >= 0.6 is 0 Å². The van der Waals surface area contributed by atoms with E-state index < -0.39 is 0 Å². The number of phenolic OH excluding ortho intramolecular Hbond substituents is 1. The van der Waals surface area contributed by atoms with E-state index in [-0.39, 0.29) is 5.41 Å². The number of nitrogens with one attached hydrogen (secondary N) is 1. The van der Waals surface area contributed by atoms with Crippen LogP contribution in [0.25, 0.3) is 0 Å². The first-order valence-electron chi connectivity index (χ1n) is 12.4. The number of aromatic hydroxyl groups is 1. The van der Waals surface area contributed by atoms with Crippen LogP contribution in [0.4, 0.5) is 0 Å². The number of fused-ring (bicyclic) bond motifs is 2. The number of hydrogen-bond acceptors (Lipinski definition) is 3. The number of benzene rings is 2. The van der Waals surface area contributed by atoms with E-state index in [9.17, 15) is 5.11 Å². The van der Waals surface area contributed by atoms with Gasteiger partial charge in [-0.1, -0.05) is 49.4 Å². The molecule has 3 unspecified atom stereocenters. The highest BCUT2D eigenvalue weighted by Crippen LogP contribution is 2.50. The van der Waals surface area contributed by atoms with Gasteiger partial charge in [0.05, 0.1) is 0 Å². The summed E-state index contributed by atoms with van der Waals surface area (Å²) < 4.78 is 0. The first-order chi connectivity index (χ1) is 15.1. The molecule has 1 saturated heterocycles. The molecule has 2 bridgehead atoms. The van der Waals surface area contributed by atoms with Gasteiger partial charge in [0.25, 0.3) is 0 Å². The minimum Gasteiger partial charge on any atom is -0.508 e. The molecule has 0 radical (unpaired) electrons. The van der Waals surface area contributed by atoms with Crippen molar-refractivity contribution in [2.45, 2.75) is 69.4 Å². The number of rotatable bonds is 8. The highest BCUT2D eigenvalue weighted by atomic mass is 16.3. The predicted molar refractivity (Wildman–Crippen MR) is 127 cm³/mol. The van der Waals surface area contributed by atoms with Crippen molar-refractivity contribution in [1.29, 1.82) is 0 Å². The largest absolute Gasteiger partial charge is 0.508 e. The maximum Gasteiger partial charge on any atom is 0.115 e. The molecule has 2 aliphatic carbocycles. The fourth-order valence-electron chi connectivity index (χ4n) is 6.35. The second-order valence-corrected chi connectivity index (χ2v) is 10.5. The first-order valence-corrected chi connectivity index (χ1v) is 12.4. The second kappa shape index (κ2) is 8.96. The Bertz CT molecular complexity index is 864. The van der Waals surface area contributed by atoms with Gasteiger partial charge in [0.15, 0.2) is 0 Å². The number of aryl methyl sites for hydroxylation is 1. The zero-order chi connectivity index (χ0) is 21.3. The van der Waals surface area contributed by atoms with Crippen molar-refractivity contribution in [3.05, 3.63) is 65.7 Å². The third-order valence-corrected chi connectivity index (χ3v) is 8.30. The smallest absolute Gasteiger partial charge is 0.115 e. The SMILES string of the molecule is CC1CN(CCCc2ccccc2)C2C[C@H](NCC3CC3)CC1(c1cccc(O)c1)C2. The van der Waals surface area contributed by atoms with Gasteiger partial charge < -0.3 is 10.4 Å². The van der Waals surface area contributed by atoms with Crippen molar-refractivity contribution in [1.82, 2.24) is 10.2 Å². The zero-order valence-corrected chi connectivity index (χ0v) is 19.0. The van der Waals surface area contributed by atoms with E-state index in [2.05, 4.69) is 53.5 Å². The molecule has 1 aliphatic heterocycles. The molecule has 166 valence electrons. The van der Waals surface area contributed by atoms with Crippen LogP contribution in [0.15, 0.2) is 54.6 Å². The molecule has 2 saturated carbocycles. The van der Waals surface area contributed by atoms with Crippen LogP contribution in [-0.2, 0) is 11.8 Å². The van der Waals surface area contributed by atoms with E-state index in [1.165, 1.54) is 75.7 Å². The van der Waals surface area contributed by atoms with Crippen LogP contribution < -0.4 is 5.32 Å². The molecule has 3 fully saturated rings. The average Bonchev–Trinajstić information content (AvgIpc) is 3.61. The third-order valence-electron chi connectivity index (χ3n) is 8.30. The summed E-state index contributed by atoms with van der Waals surface area (Å²) in [4.78, 5) is 2.79. The van der Waals surface area contributed by atoms with Crippen LogP contribution in [0.1, 0.15) is 56.6 Å². The van der Waals surface area contributed by atoms with E-state index in [4.69, 9.17) is 0 Å². The van der Waals surface area contributed by atoms with Crippen LogP contribution in [0, 0.1) is 11.8 Å². The quantitative estimate of drug-likeness (QED) is 0.623. The van der Waals surface area contributed by atoms with E-state index in [1.807, 2.05) is 18.2 Å². The van der Waals surface area contributed by atoms with Gasteiger partial charge in [0.2, 0.25) is 0 Å². The fraction of sp³-hybridized carbons (Fsp3) is 0.571. The molecule has 2 aromatic carbocycles. The van der Waals surface area contributed by atoms with Crippen molar-refractivity contribution in [3.8, 4) is 5.75 Å². The van der Waals surface area contributed by atoms with Gasteiger partial charge >= 0.3 is 0 Å².